The maximum absolute atomic E-state index is 13.1. The van der Waals surface area contributed by atoms with Crippen molar-refractivity contribution >= 4 is 28.3 Å². The zero-order chi connectivity index (χ0) is 18.5. The van der Waals surface area contributed by atoms with Gasteiger partial charge in [-0.25, -0.2) is 9.97 Å². The number of aromatic nitrogens is 3. The van der Waals surface area contributed by atoms with E-state index < -0.39 is 0 Å². The quantitative estimate of drug-likeness (QED) is 0.719. The van der Waals surface area contributed by atoms with Crippen LogP contribution in [0.25, 0.3) is 11.0 Å². The number of fused-ring (bicyclic) bond motifs is 1. The molecule has 1 atom stereocenters. The van der Waals surface area contributed by atoms with Gasteiger partial charge in [0, 0.05) is 12.0 Å². The van der Waals surface area contributed by atoms with Gasteiger partial charge in [0.1, 0.15) is 10.7 Å². The third kappa shape index (κ3) is 3.03. The van der Waals surface area contributed by atoms with Gasteiger partial charge in [-0.3, -0.25) is 4.79 Å². The van der Waals surface area contributed by atoms with Crippen molar-refractivity contribution in [2.75, 3.05) is 6.54 Å². The van der Waals surface area contributed by atoms with E-state index in [1.54, 1.807) is 6.20 Å². The highest BCUT2D eigenvalue weighted by atomic mass is 32.1. The number of imidazole rings is 1. The summed E-state index contributed by atoms with van der Waals surface area (Å²) in [6.07, 6.45) is 3.66. The molecule has 0 spiro atoms. The van der Waals surface area contributed by atoms with E-state index in [-0.39, 0.29) is 17.4 Å². The summed E-state index contributed by atoms with van der Waals surface area (Å²) in [6.45, 7) is 9.20. The second-order valence-corrected chi connectivity index (χ2v) is 9.11. The van der Waals surface area contributed by atoms with Crippen molar-refractivity contribution in [3.8, 4) is 0 Å². The molecule has 1 aromatic carbocycles. The number of nitrogens with one attached hydrogen (secondary N) is 1. The van der Waals surface area contributed by atoms with E-state index in [1.165, 1.54) is 16.9 Å². The average Bonchev–Trinajstić information content (AvgIpc) is 3.30. The first-order chi connectivity index (χ1) is 12.3. The maximum Gasteiger partial charge on any atom is 0.266 e. The molecule has 3 heterocycles. The largest absolute Gasteiger partial charge is 0.340 e. The van der Waals surface area contributed by atoms with Gasteiger partial charge in [0.05, 0.1) is 28.3 Å². The molecule has 26 heavy (non-hydrogen) atoms. The summed E-state index contributed by atoms with van der Waals surface area (Å²) in [6, 6.07) is 6.21. The second-order valence-electron chi connectivity index (χ2n) is 8.08. The lowest BCUT2D eigenvalue weighted by atomic mass is 9.98. The standard InChI is InChI=1S/C20H24N4OS/c1-12-7-8-13-14(10-12)23-17(22-13)15-6-5-9-24(15)18(25)16-11-21-19(26-16)20(2,3)4/h7-8,10-11,15H,5-6,9H2,1-4H3,(H,22,23). The minimum atomic E-state index is -0.0375. The predicted octanol–water partition coefficient (Wildman–Crippen LogP) is 4.60. The number of hydrogen-bond acceptors (Lipinski definition) is 4. The molecule has 136 valence electrons. The smallest absolute Gasteiger partial charge is 0.266 e. The zero-order valence-corrected chi connectivity index (χ0v) is 16.5. The molecular formula is C20H24N4OS. The van der Waals surface area contributed by atoms with Crippen LogP contribution in [0.5, 0.6) is 0 Å². The third-order valence-corrected chi connectivity index (χ3v) is 6.25. The summed E-state index contributed by atoms with van der Waals surface area (Å²) in [5.74, 6) is 0.953. The predicted molar refractivity (Wildman–Crippen MR) is 105 cm³/mol. The molecule has 3 aromatic rings. The third-order valence-electron chi connectivity index (χ3n) is 4.84. The number of nitrogens with zero attached hydrogens (tertiary/aromatic N) is 3. The Morgan fingerprint density at radius 2 is 2.15 bits per heavy atom. The number of rotatable bonds is 2. The number of aryl methyl sites for hydroxylation is 1. The van der Waals surface area contributed by atoms with Crippen molar-refractivity contribution in [3.05, 3.63) is 45.7 Å². The van der Waals surface area contributed by atoms with E-state index in [9.17, 15) is 4.79 Å². The lowest BCUT2D eigenvalue weighted by molar-refractivity contribution is 0.0735. The number of benzene rings is 1. The summed E-state index contributed by atoms with van der Waals surface area (Å²) in [7, 11) is 0. The molecule has 0 radical (unpaired) electrons. The molecule has 1 unspecified atom stereocenters. The number of carbonyl (C=O) groups excluding carboxylic acids is 1. The van der Waals surface area contributed by atoms with Gasteiger partial charge in [-0.05, 0) is 37.5 Å². The fourth-order valence-electron chi connectivity index (χ4n) is 3.46. The number of carbonyl (C=O) groups is 1. The Labute approximate surface area is 157 Å². The van der Waals surface area contributed by atoms with Crippen LogP contribution in [0.1, 0.15) is 65.7 Å². The topological polar surface area (TPSA) is 61.9 Å². The average molecular weight is 369 g/mol. The van der Waals surface area contributed by atoms with Crippen molar-refractivity contribution in [3.63, 3.8) is 0 Å². The fraction of sp³-hybridized carbons (Fsp3) is 0.450. The van der Waals surface area contributed by atoms with Gasteiger partial charge < -0.3 is 9.88 Å². The second kappa shape index (κ2) is 6.20. The molecule has 1 amide bonds. The van der Waals surface area contributed by atoms with E-state index in [1.807, 2.05) is 11.0 Å². The molecule has 0 aliphatic carbocycles. The van der Waals surface area contributed by atoms with Crippen LogP contribution in [0.3, 0.4) is 0 Å². The van der Waals surface area contributed by atoms with Crippen LogP contribution in [0.2, 0.25) is 0 Å². The lowest BCUT2D eigenvalue weighted by Gasteiger charge is -2.22. The summed E-state index contributed by atoms with van der Waals surface area (Å²) in [5.41, 5.74) is 3.15. The number of thiazole rings is 1. The molecule has 4 rings (SSSR count). The van der Waals surface area contributed by atoms with Gasteiger partial charge in [-0.1, -0.05) is 26.8 Å². The molecule has 1 fully saturated rings. The Bertz CT molecular complexity index is 966. The molecule has 5 nitrogen and oxygen atoms in total. The van der Waals surface area contributed by atoms with Crippen LogP contribution in [0, 0.1) is 6.92 Å². The van der Waals surface area contributed by atoms with Crippen LogP contribution >= 0.6 is 11.3 Å². The number of hydrogen-bond donors (Lipinski definition) is 1. The van der Waals surface area contributed by atoms with Gasteiger partial charge in [-0.15, -0.1) is 11.3 Å². The molecule has 0 bridgehead atoms. The number of likely N-dealkylation sites (tertiary alicyclic amines) is 1. The highest BCUT2D eigenvalue weighted by molar-refractivity contribution is 7.13. The Hall–Kier alpha value is -2.21. The molecule has 1 saturated heterocycles. The van der Waals surface area contributed by atoms with Gasteiger partial charge in [0.15, 0.2) is 0 Å². The Morgan fingerprint density at radius 1 is 1.35 bits per heavy atom. The van der Waals surface area contributed by atoms with Crippen molar-refractivity contribution < 1.29 is 4.79 Å². The summed E-state index contributed by atoms with van der Waals surface area (Å²) in [5, 5.41) is 0.996. The number of H-pyrrole nitrogens is 1. The first kappa shape index (κ1) is 17.2. The van der Waals surface area contributed by atoms with Crippen LogP contribution in [0.15, 0.2) is 24.4 Å². The molecule has 2 aromatic heterocycles. The van der Waals surface area contributed by atoms with E-state index in [0.717, 1.165) is 41.3 Å². The summed E-state index contributed by atoms with van der Waals surface area (Å²) in [4.78, 5) is 28.4. The zero-order valence-electron chi connectivity index (χ0n) is 15.7. The van der Waals surface area contributed by atoms with Crippen molar-refractivity contribution in [1.29, 1.82) is 0 Å². The molecule has 0 saturated carbocycles. The molecule has 1 aliphatic rings. The lowest BCUT2D eigenvalue weighted by Crippen LogP contribution is -2.30. The van der Waals surface area contributed by atoms with Crippen LogP contribution in [-0.2, 0) is 5.41 Å². The van der Waals surface area contributed by atoms with Crippen LogP contribution in [-0.4, -0.2) is 32.3 Å². The van der Waals surface area contributed by atoms with Crippen molar-refractivity contribution in [2.24, 2.45) is 0 Å². The normalized spacial score (nSPS) is 18.0. The van der Waals surface area contributed by atoms with Gasteiger partial charge in [0.2, 0.25) is 0 Å². The van der Waals surface area contributed by atoms with E-state index in [0.29, 0.717) is 4.88 Å². The molecule has 1 N–H and O–H groups in total. The number of amides is 1. The van der Waals surface area contributed by atoms with Crippen LogP contribution in [0.4, 0.5) is 0 Å². The van der Waals surface area contributed by atoms with Gasteiger partial charge >= 0.3 is 0 Å². The Balaban J connectivity index is 1.63. The maximum atomic E-state index is 13.1. The molecule has 6 heteroatoms. The first-order valence-corrected chi connectivity index (χ1v) is 9.88. The minimum absolute atomic E-state index is 0.00962. The highest BCUT2D eigenvalue weighted by Crippen LogP contribution is 2.34. The summed E-state index contributed by atoms with van der Waals surface area (Å²) >= 11 is 1.51. The molecule has 1 aliphatic heterocycles. The minimum Gasteiger partial charge on any atom is -0.340 e. The molecular weight excluding hydrogens is 344 g/mol. The van der Waals surface area contributed by atoms with E-state index in [2.05, 4.69) is 49.8 Å². The summed E-state index contributed by atoms with van der Waals surface area (Å²) < 4.78 is 0. The first-order valence-electron chi connectivity index (χ1n) is 9.06. The SMILES string of the molecule is Cc1ccc2nc(C3CCCN3C(=O)c3cnc(C(C)(C)C)s3)[nH]c2c1. The van der Waals surface area contributed by atoms with Crippen LogP contribution < -0.4 is 0 Å². The Morgan fingerprint density at radius 3 is 2.88 bits per heavy atom. The van der Waals surface area contributed by atoms with Gasteiger partial charge in [0.25, 0.3) is 5.91 Å². The monoisotopic (exact) mass is 368 g/mol. The van der Waals surface area contributed by atoms with Crippen molar-refractivity contribution in [2.45, 2.75) is 52.0 Å². The Kier molecular flexibility index (Phi) is 4.10. The van der Waals surface area contributed by atoms with E-state index in [4.69, 9.17) is 4.98 Å². The number of aromatic amines is 1. The van der Waals surface area contributed by atoms with Crippen molar-refractivity contribution in [1.82, 2.24) is 19.9 Å². The van der Waals surface area contributed by atoms with Gasteiger partial charge in [-0.2, -0.15) is 0 Å². The highest BCUT2D eigenvalue weighted by Gasteiger charge is 2.34. The van der Waals surface area contributed by atoms with E-state index >= 15 is 0 Å². The fourth-order valence-corrected chi connectivity index (χ4v) is 4.39.